The highest BCUT2D eigenvalue weighted by Gasteiger charge is 2.39. The predicted molar refractivity (Wildman–Crippen MR) is 146 cm³/mol. The van der Waals surface area contributed by atoms with Gasteiger partial charge in [-0.25, -0.2) is 4.79 Å². The van der Waals surface area contributed by atoms with Gasteiger partial charge in [-0.1, -0.05) is 31.2 Å². The van der Waals surface area contributed by atoms with Gasteiger partial charge in [-0.2, -0.15) is 0 Å². The van der Waals surface area contributed by atoms with Crippen molar-refractivity contribution < 1.29 is 33.4 Å². The third-order valence-corrected chi connectivity index (χ3v) is 5.93. The molecule has 0 aliphatic heterocycles. The molecule has 1 aromatic carbocycles. The molecule has 0 aliphatic rings. The number of carbonyl (C=O) groups excluding carboxylic acids is 5. The Labute approximate surface area is 231 Å². The van der Waals surface area contributed by atoms with Gasteiger partial charge in [-0.15, -0.1) is 0 Å². The molecule has 4 N–H and O–H groups in total. The van der Waals surface area contributed by atoms with Crippen LogP contribution in [0.15, 0.2) is 24.3 Å². The molecular weight excluding hydrogens is 504 g/mol. The smallest absolute Gasteiger partial charge is 0.408 e. The monoisotopic (exact) mass is 548 g/mol. The highest BCUT2D eigenvalue weighted by atomic mass is 16.6. The maximum absolute atomic E-state index is 14.1. The SMILES string of the molecule is CCOC(=O)CCNC(=O)C(c1ccccc1C)N(C(=O)C(CCC(N)=O)NC(=O)OC(C)(C)C)C(C)CC. The Kier molecular flexibility index (Phi) is 13.4. The number of esters is 1. The molecule has 0 saturated carbocycles. The zero-order valence-corrected chi connectivity index (χ0v) is 24.2. The quantitative estimate of drug-likeness (QED) is 0.302. The lowest BCUT2D eigenvalue weighted by Crippen LogP contribution is -2.55. The Balaban J connectivity index is 3.48. The number of amides is 4. The second kappa shape index (κ2) is 15.7. The van der Waals surface area contributed by atoms with E-state index in [1.54, 1.807) is 46.8 Å². The van der Waals surface area contributed by atoms with Gasteiger partial charge < -0.3 is 30.7 Å². The van der Waals surface area contributed by atoms with Gasteiger partial charge in [0.25, 0.3) is 0 Å². The Morgan fingerprint density at radius 1 is 1.05 bits per heavy atom. The fourth-order valence-corrected chi connectivity index (χ4v) is 3.90. The van der Waals surface area contributed by atoms with E-state index in [0.717, 1.165) is 5.56 Å². The van der Waals surface area contributed by atoms with Crippen LogP contribution in [0.2, 0.25) is 0 Å². The Morgan fingerprint density at radius 2 is 1.69 bits per heavy atom. The van der Waals surface area contributed by atoms with E-state index >= 15 is 0 Å². The molecule has 0 saturated heterocycles. The second-order valence-electron chi connectivity index (χ2n) is 10.3. The van der Waals surface area contributed by atoms with E-state index in [9.17, 15) is 24.0 Å². The normalized spacial score (nSPS) is 13.4. The summed E-state index contributed by atoms with van der Waals surface area (Å²) in [6.45, 7) is 12.5. The molecule has 0 bridgehead atoms. The number of primary amides is 1. The van der Waals surface area contributed by atoms with Crippen molar-refractivity contribution in [2.45, 2.75) is 97.9 Å². The third kappa shape index (κ3) is 11.3. The number of nitrogens with two attached hydrogens (primary N) is 1. The molecule has 1 rings (SSSR count). The standard InChI is InChI=1S/C28H44N4O7/c1-8-19(4)32(26(36)21(14-15-22(29)33)31-27(37)39-28(5,6)7)24(20-13-11-10-12-18(20)3)25(35)30-17-16-23(34)38-9-2/h10-13,19,21,24H,8-9,14-17H2,1-7H3,(H2,29,33)(H,30,35)(H,31,37). The van der Waals surface area contributed by atoms with Crippen LogP contribution in [0.1, 0.15) is 84.4 Å². The number of hydrogen-bond donors (Lipinski definition) is 3. The fourth-order valence-electron chi connectivity index (χ4n) is 3.90. The van der Waals surface area contributed by atoms with E-state index in [1.807, 2.05) is 26.0 Å². The molecule has 11 nitrogen and oxygen atoms in total. The van der Waals surface area contributed by atoms with Crippen molar-refractivity contribution in [2.24, 2.45) is 5.73 Å². The minimum Gasteiger partial charge on any atom is -0.466 e. The topological polar surface area (TPSA) is 157 Å². The summed E-state index contributed by atoms with van der Waals surface area (Å²) < 4.78 is 10.3. The summed E-state index contributed by atoms with van der Waals surface area (Å²) in [4.78, 5) is 65.2. The first-order chi connectivity index (χ1) is 18.2. The first kappa shape index (κ1) is 33.4. The molecule has 0 spiro atoms. The molecule has 0 aliphatic carbocycles. The number of ether oxygens (including phenoxy) is 2. The second-order valence-corrected chi connectivity index (χ2v) is 10.3. The zero-order valence-electron chi connectivity index (χ0n) is 24.2. The molecule has 0 heterocycles. The van der Waals surface area contributed by atoms with Crippen molar-refractivity contribution in [3.05, 3.63) is 35.4 Å². The van der Waals surface area contributed by atoms with Crippen molar-refractivity contribution in [1.82, 2.24) is 15.5 Å². The Morgan fingerprint density at radius 3 is 2.23 bits per heavy atom. The zero-order chi connectivity index (χ0) is 29.8. The average Bonchev–Trinajstić information content (AvgIpc) is 2.83. The number of carbonyl (C=O) groups is 5. The number of aryl methyl sites for hydroxylation is 1. The lowest BCUT2D eigenvalue weighted by Gasteiger charge is -2.38. The van der Waals surface area contributed by atoms with Gasteiger partial charge in [0, 0.05) is 19.0 Å². The van der Waals surface area contributed by atoms with Crippen LogP contribution in [-0.4, -0.2) is 65.5 Å². The van der Waals surface area contributed by atoms with Crippen molar-refractivity contribution in [3.8, 4) is 0 Å². The van der Waals surface area contributed by atoms with Crippen LogP contribution in [0.4, 0.5) is 4.79 Å². The largest absolute Gasteiger partial charge is 0.466 e. The van der Waals surface area contributed by atoms with Gasteiger partial charge in [0.2, 0.25) is 17.7 Å². The molecule has 0 fully saturated rings. The summed E-state index contributed by atoms with van der Waals surface area (Å²) in [5.41, 5.74) is 5.89. The van der Waals surface area contributed by atoms with Crippen LogP contribution in [0.3, 0.4) is 0 Å². The van der Waals surface area contributed by atoms with E-state index in [2.05, 4.69) is 10.6 Å². The maximum Gasteiger partial charge on any atom is 0.408 e. The number of hydrogen-bond acceptors (Lipinski definition) is 7. The van der Waals surface area contributed by atoms with Crippen molar-refractivity contribution >= 4 is 29.8 Å². The minimum absolute atomic E-state index is 0.0177. The highest BCUT2D eigenvalue weighted by Crippen LogP contribution is 2.29. The minimum atomic E-state index is -1.18. The van der Waals surface area contributed by atoms with Gasteiger partial charge in [0.15, 0.2) is 0 Å². The van der Waals surface area contributed by atoms with Gasteiger partial charge in [0.05, 0.1) is 13.0 Å². The summed E-state index contributed by atoms with van der Waals surface area (Å²) in [5, 5.41) is 5.32. The lowest BCUT2D eigenvalue weighted by atomic mass is 9.95. The van der Waals surface area contributed by atoms with Crippen LogP contribution < -0.4 is 16.4 Å². The first-order valence-corrected chi connectivity index (χ1v) is 13.3. The molecule has 3 unspecified atom stereocenters. The summed E-state index contributed by atoms with van der Waals surface area (Å²) in [5.74, 6) is -2.15. The van der Waals surface area contributed by atoms with E-state index in [1.165, 1.54) is 4.90 Å². The van der Waals surface area contributed by atoms with Crippen LogP contribution in [-0.2, 0) is 28.7 Å². The fraction of sp³-hybridized carbons (Fsp3) is 0.607. The predicted octanol–water partition coefficient (Wildman–Crippen LogP) is 2.89. The summed E-state index contributed by atoms with van der Waals surface area (Å²) in [6, 6.07) is 4.49. The Hall–Kier alpha value is -3.63. The molecule has 11 heteroatoms. The van der Waals surface area contributed by atoms with E-state index < -0.39 is 53.5 Å². The molecule has 1 aromatic rings. The van der Waals surface area contributed by atoms with Gasteiger partial charge >= 0.3 is 12.1 Å². The third-order valence-electron chi connectivity index (χ3n) is 5.93. The number of benzene rings is 1. The van der Waals surface area contributed by atoms with Gasteiger partial charge in [-0.05, 0) is 65.5 Å². The first-order valence-electron chi connectivity index (χ1n) is 13.3. The number of nitrogens with zero attached hydrogens (tertiary/aromatic N) is 1. The molecular formula is C28H44N4O7. The molecule has 4 amide bonds. The van der Waals surface area contributed by atoms with Gasteiger partial charge in [-0.3, -0.25) is 19.2 Å². The highest BCUT2D eigenvalue weighted by molar-refractivity contribution is 5.93. The molecule has 3 atom stereocenters. The van der Waals surface area contributed by atoms with Crippen LogP contribution in [0, 0.1) is 6.92 Å². The molecule has 0 aromatic heterocycles. The summed E-state index contributed by atoms with van der Waals surface area (Å²) >= 11 is 0. The van der Waals surface area contributed by atoms with Crippen LogP contribution >= 0.6 is 0 Å². The number of nitrogens with one attached hydrogen (secondary N) is 2. The van der Waals surface area contributed by atoms with Crippen LogP contribution in [0.25, 0.3) is 0 Å². The summed E-state index contributed by atoms with van der Waals surface area (Å²) in [7, 11) is 0. The number of rotatable bonds is 14. The van der Waals surface area contributed by atoms with E-state index in [4.69, 9.17) is 15.2 Å². The Bertz CT molecular complexity index is 1010. The average molecular weight is 549 g/mol. The molecule has 218 valence electrons. The van der Waals surface area contributed by atoms with Gasteiger partial charge in [0.1, 0.15) is 17.7 Å². The summed E-state index contributed by atoms with van der Waals surface area (Å²) in [6.07, 6.45) is -0.606. The number of alkyl carbamates (subject to hydrolysis) is 1. The molecule has 39 heavy (non-hydrogen) atoms. The maximum atomic E-state index is 14.1. The van der Waals surface area contributed by atoms with Crippen molar-refractivity contribution in [3.63, 3.8) is 0 Å². The molecule has 0 radical (unpaired) electrons. The van der Waals surface area contributed by atoms with E-state index in [-0.39, 0.29) is 32.4 Å². The lowest BCUT2D eigenvalue weighted by molar-refractivity contribution is -0.146. The van der Waals surface area contributed by atoms with Crippen molar-refractivity contribution in [2.75, 3.05) is 13.2 Å². The van der Waals surface area contributed by atoms with Crippen LogP contribution in [0.5, 0.6) is 0 Å². The van der Waals surface area contributed by atoms with E-state index in [0.29, 0.717) is 12.0 Å². The van der Waals surface area contributed by atoms with Crippen molar-refractivity contribution in [1.29, 1.82) is 0 Å².